The molecule has 0 nitrogen and oxygen atoms in total. The first kappa shape index (κ1) is 14.5. The lowest BCUT2D eigenvalue weighted by Gasteiger charge is -2.09. The normalized spacial score (nSPS) is 12.8. The van der Waals surface area contributed by atoms with Crippen LogP contribution in [0.25, 0.3) is 0 Å². The minimum Gasteiger partial charge on any atom is -0.205 e. The third-order valence-electron chi connectivity index (χ3n) is 2.44. The lowest BCUT2D eigenvalue weighted by Crippen LogP contribution is -2.01. The van der Waals surface area contributed by atoms with Gasteiger partial charge in [0.2, 0.25) is 0 Å². The number of alkyl halides is 1. The van der Waals surface area contributed by atoms with Gasteiger partial charge in [-0.25, -0.2) is 4.39 Å². The van der Waals surface area contributed by atoms with Crippen molar-refractivity contribution in [3.8, 4) is 0 Å². The zero-order valence-corrected chi connectivity index (χ0v) is 13.0. The Hall–Kier alpha value is 0.400. The first-order valence-electron chi connectivity index (χ1n) is 5.32. The van der Waals surface area contributed by atoms with E-state index in [1.807, 2.05) is 0 Å². The molecule has 1 unspecified atom stereocenters. The highest BCUT2D eigenvalue weighted by Gasteiger charge is 2.11. The van der Waals surface area contributed by atoms with Crippen LogP contribution in [0.3, 0.4) is 0 Å². The van der Waals surface area contributed by atoms with E-state index in [0.29, 0.717) is 14.9 Å². The number of hydrogen-bond donors (Lipinski definition) is 0. The van der Waals surface area contributed by atoms with Gasteiger partial charge in [0, 0.05) is 9.30 Å². The van der Waals surface area contributed by atoms with Crippen LogP contribution in [0, 0.1) is 5.82 Å². The Morgan fingerprint density at radius 1 is 1.38 bits per heavy atom. The molecule has 0 aliphatic heterocycles. The van der Waals surface area contributed by atoms with Gasteiger partial charge in [-0.2, -0.15) is 0 Å². The molecule has 4 heteroatoms. The molecule has 0 saturated heterocycles. The number of halogens is 4. The molecule has 0 fully saturated rings. The highest BCUT2D eigenvalue weighted by Crippen LogP contribution is 2.28. The first-order chi connectivity index (χ1) is 7.56. The zero-order chi connectivity index (χ0) is 12.1. The van der Waals surface area contributed by atoms with Crippen molar-refractivity contribution in [1.82, 2.24) is 0 Å². The van der Waals surface area contributed by atoms with Crippen LogP contribution in [0.15, 0.2) is 16.6 Å². The van der Waals surface area contributed by atoms with Crippen molar-refractivity contribution < 1.29 is 4.39 Å². The van der Waals surface area contributed by atoms with Gasteiger partial charge >= 0.3 is 0 Å². The Kier molecular flexibility index (Phi) is 6.30. The summed E-state index contributed by atoms with van der Waals surface area (Å²) in [5, 5.41) is 0.180. The van der Waals surface area contributed by atoms with E-state index in [2.05, 4.69) is 38.8 Å². The van der Waals surface area contributed by atoms with Crippen LogP contribution >= 0.6 is 43.5 Å². The predicted molar refractivity (Wildman–Crippen MR) is 75.1 cm³/mol. The largest absolute Gasteiger partial charge is 0.205 e. The number of rotatable bonds is 5. The van der Waals surface area contributed by atoms with Crippen molar-refractivity contribution in [2.75, 3.05) is 0 Å². The Morgan fingerprint density at radius 3 is 2.69 bits per heavy atom. The molecule has 0 heterocycles. The monoisotopic (exact) mass is 370 g/mol. The maximum absolute atomic E-state index is 13.7. The number of hydrogen-bond acceptors (Lipinski definition) is 0. The van der Waals surface area contributed by atoms with Crippen LogP contribution < -0.4 is 0 Å². The second-order valence-corrected chi connectivity index (χ2v) is 6.29. The zero-order valence-electron chi connectivity index (χ0n) is 9.07. The lowest BCUT2D eigenvalue weighted by atomic mass is 10.1. The quantitative estimate of drug-likeness (QED) is 0.457. The van der Waals surface area contributed by atoms with Crippen LogP contribution in [0.1, 0.15) is 31.7 Å². The van der Waals surface area contributed by atoms with Crippen LogP contribution in [0.2, 0.25) is 5.02 Å². The molecule has 1 aromatic rings. The van der Waals surface area contributed by atoms with E-state index in [1.165, 1.54) is 0 Å². The molecule has 0 aliphatic carbocycles. The van der Waals surface area contributed by atoms with E-state index in [9.17, 15) is 4.39 Å². The summed E-state index contributed by atoms with van der Waals surface area (Å²) in [7, 11) is 0. The van der Waals surface area contributed by atoms with Gasteiger partial charge in [-0.1, -0.05) is 46.9 Å². The van der Waals surface area contributed by atoms with E-state index in [-0.39, 0.29) is 10.8 Å². The van der Waals surface area contributed by atoms with Gasteiger partial charge in [-0.15, -0.1) is 0 Å². The summed E-state index contributed by atoms with van der Waals surface area (Å²) in [6.45, 7) is 2.14. The fraction of sp³-hybridized carbons (Fsp3) is 0.500. The molecule has 1 atom stereocenters. The van der Waals surface area contributed by atoms with Gasteiger partial charge in [0.1, 0.15) is 5.82 Å². The Bertz CT molecular complexity index is 355. The van der Waals surface area contributed by atoms with Crippen LogP contribution in [-0.2, 0) is 6.42 Å². The summed E-state index contributed by atoms with van der Waals surface area (Å²) in [6.07, 6.45) is 3.91. The van der Waals surface area contributed by atoms with Gasteiger partial charge in [0.05, 0.1) is 5.02 Å². The fourth-order valence-corrected chi connectivity index (χ4v) is 2.71. The van der Waals surface area contributed by atoms with E-state index in [0.717, 1.165) is 25.7 Å². The van der Waals surface area contributed by atoms with Crippen molar-refractivity contribution in [2.24, 2.45) is 0 Å². The Balaban J connectivity index is 2.64. The minimum absolute atomic E-state index is 0.180. The average molecular weight is 373 g/mol. The molecule has 0 radical (unpaired) electrons. The standard InChI is InChI=1S/C12H14Br2ClF/c1-2-3-9(13)6-4-8-5-7-10(14)11(15)12(8)16/h5,7,9H,2-4,6H2,1H3. The molecule has 0 aliphatic rings. The number of benzene rings is 1. The molecule has 0 N–H and O–H groups in total. The molecule has 0 saturated carbocycles. The van der Waals surface area contributed by atoms with Crippen LogP contribution in [-0.4, -0.2) is 4.83 Å². The van der Waals surface area contributed by atoms with Crippen LogP contribution in [0.5, 0.6) is 0 Å². The molecule has 0 bridgehead atoms. The summed E-state index contributed by atoms with van der Waals surface area (Å²) in [5.41, 5.74) is 0.689. The van der Waals surface area contributed by atoms with Crippen molar-refractivity contribution in [2.45, 2.75) is 37.4 Å². The second kappa shape index (κ2) is 6.97. The molecule has 0 spiro atoms. The van der Waals surface area contributed by atoms with Crippen LogP contribution in [0.4, 0.5) is 4.39 Å². The maximum atomic E-state index is 13.7. The van der Waals surface area contributed by atoms with E-state index in [4.69, 9.17) is 11.6 Å². The molecular weight excluding hydrogens is 358 g/mol. The topological polar surface area (TPSA) is 0 Å². The highest BCUT2D eigenvalue weighted by molar-refractivity contribution is 9.10. The van der Waals surface area contributed by atoms with Crippen molar-refractivity contribution >= 4 is 43.5 Å². The summed E-state index contributed by atoms with van der Waals surface area (Å²) < 4.78 is 14.3. The minimum atomic E-state index is -0.299. The smallest absolute Gasteiger partial charge is 0.146 e. The molecule has 90 valence electrons. The van der Waals surface area contributed by atoms with Crippen molar-refractivity contribution in [1.29, 1.82) is 0 Å². The van der Waals surface area contributed by atoms with Gasteiger partial charge in [0.25, 0.3) is 0 Å². The Morgan fingerprint density at radius 2 is 2.06 bits per heavy atom. The maximum Gasteiger partial charge on any atom is 0.146 e. The Labute approximate surface area is 118 Å². The van der Waals surface area contributed by atoms with Gasteiger partial charge in [-0.3, -0.25) is 0 Å². The van der Waals surface area contributed by atoms with Gasteiger partial charge < -0.3 is 0 Å². The average Bonchev–Trinajstić information content (AvgIpc) is 2.25. The van der Waals surface area contributed by atoms with E-state index >= 15 is 0 Å². The van der Waals surface area contributed by atoms with Gasteiger partial charge in [-0.05, 0) is 46.8 Å². The van der Waals surface area contributed by atoms with E-state index < -0.39 is 0 Å². The lowest BCUT2D eigenvalue weighted by molar-refractivity contribution is 0.598. The SMILES string of the molecule is CCCC(Br)CCc1ccc(Br)c(Cl)c1F. The second-order valence-electron chi connectivity index (χ2n) is 3.76. The third kappa shape index (κ3) is 4.01. The molecule has 0 aromatic heterocycles. The first-order valence-corrected chi connectivity index (χ1v) is 7.41. The summed E-state index contributed by atoms with van der Waals surface area (Å²) in [4.78, 5) is 0.458. The molecule has 0 amide bonds. The fourth-order valence-electron chi connectivity index (χ4n) is 1.53. The molecule has 1 rings (SSSR count). The third-order valence-corrected chi connectivity index (χ3v) is 4.62. The summed E-state index contributed by atoms with van der Waals surface area (Å²) in [6, 6.07) is 3.58. The molecule has 16 heavy (non-hydrogen) atoms. The predicted octanol–water partition coefficient (Wildman–Crippen LogP) is 5.74. The number of aryl methyl sites for hydroxylation is 1. The molecule has 1 aromatic carbocycles. The van der Waals surface area contributed by atoms with E-state index in [1.54, 1.807) is 12.1 Å². The summed E-state index contributed by atoms with van der Waals surface area (Å²) in [5.74, 6) is -0.299. The van der Waals surface area contributed by atoms with Gasteiger partial charge in [0.15, 0.2) is 0 Å². The van der Waals surface area contributed by atoms with Crippen molar-refractivity contribution in [3.63, 3.8) is 0 Å². The summed E-state index contributed by atoms with van der Waals surface area (Å²) >= 11 is 12.6. The van der Waals surface area contributed by atoms with Crippen molar-refractivity contribution in [3.05, 3.63) is 33.0 Å². The molecular formula is C12H14Br2ClF. The highest BCUT2D eigenvalue weighted by atomic mass is 79.9.